The summed E-state index contributed by atoms with van der Waals surface area (Å²) in [7, 11) is 0. The third-order valence-corrected chi connectivity index (χ3v) is 3.66. The molecule has 2 aliphatic rings. The van der Waals surface area contributed by atoms with Crippen molar-refractivity contribution in [1.82, 2.24) is 9.97 Å². The monoisotopic (exact) mass is 217 g/mol. The highest BCUT2D eigenvalue weighted by Gasteiger charge is 2.41. The van der Waals surface area contributed by atoms with E-state index >= 15 is 0 Å². The summed E-state index contributed by atoms with van der Waals surface area (Å²) < 4.78 is 0. The summed E-state index contributed by atoms with van der Waals surface area (Å²) in [5.74, 6) is 2.84. The van der Waals surface area contributed by atoms with Crippen molar-refractivity contribution < 1.29 is 0 Å². The van der Waals surface area contributed by atoms with Gasteiger partial charge in [-0.25, -0.2) is 9.97 Å². The van der Waals surface area contributed by atoms with Gasteiger partial charge in [-0.2, -0.15) is 0 Å². The number of nitrogens with zero attached hydrogens (tertiary/aromatic N) is 2. The Morgan fingerprint density at radius 1 is 1.25 bits per heavy atom. The number of nitrogens with one attached hydrogen (secondary N) is 1. The second kappa shape index (κ2) is 4.04. The minimum atomic E-state index is 0.680. The quantitative estimate of drug-likeness (QED) is 0.824. The largest absolute Gasteiger partial charge is 0.367 e. The van der Waals surface area contributed by atoms with Gasteiger partial charge < -0.3 is 5.32 Å². The molecule has 0 atom stereocenters. The SMILES string of the molecule is CCc1cc(NC(C2CC2)C2CC2)ncn1. The van der Waals surface area contributed by atoms with Crippen LogP contribution in [0, 0.1) is 11.8 Å². The average Bonchev–Trinajstić information content (AvgIpc) is 3.18. The first kappa shape index (κ1) is 10.1. The van der Waals surface area contributed by atoms with E-state index in [-0.39, 0.29) is 0 Å². The van der Waals surface area contributed by atoms with Crippen molar-refractivity contribution in [2.75, 3.05) is 5.32 Å². The van der Waals surface area contributed by atoms with Crippen LogP contribution in [0.25, 0.3) is 0 Å². The van der Waals surface area contributed by atoms with E-state index in [1.54, 1.807) is 6.33 Å². The van der Waals surface area contributed by atoms with E-state index in [0.29, 0.717) is 6.04 Å². The summed E-state index contributed by atoms with van der Waals surface area (Å²) in [6, 6.07) is 2.78. The van der Waals surface area contributed by atoms with Gasteiger partial charge in [0.15, 0.2) is 0 Å². The lowest BCUT2D eigenvalue weighted by atomic mass is 10.1. The molecule has 0 unspecified atom stereocenters. The lowest BCUT2D eigenvalue weighted by Gasteiger charge is -2.18. The van der Waals surface area contributed by atoms with Crippen LogP contribution in [0.5, 0.6) is 0 Å². The molecule has 3 rings (SSSR count). The molecule has 86 valence electrons. The molecule has 0 aliphatic heterocycles. The zero-order chi connectivity index (χ0) is 11.0. The Morgan fingerprint density at radius 2 is 1.94 bits per heavy atom. The fourth-order valence-electron chi connectivity index (χ4n) is 2.37. The van der Waals surface area contributed by atoms with E-state index in [1.165, 1.54) is 25.7 Å². The van der Waals surface area contributed by atoms with Crippen LogP contribution in [0.2, 0.25) is 0 Å². The van der Waals surface area contributed by atoms with Gasteiger partial charge in [-0.05, 0) is 43.9 Å². The molecule has 0 radical (unpaired) electrons. The Balaban J connectivity index is 1.70. The summed E-state index contributed by atoms with van der Waals surface area (Å²) in [5, 5.41) is 3.63. The number of hydrogen-bond acceptors (Lipinski definition) is 3. The molecule has 1 aromatic heterocycles. The first-order valence-corrected chi connectivity index (χ1v) is 6.44. The van der Waals surface area contributed by atoms with Gasteiger partial charge in [0.25, 0.3) is 0 Å². The fourth-order valence-corrected chi connectivity index (χ4v) is 2.37. The maximum absolute atomic E-state index is 4.33. The predicted molar refractivity (Wildman–Crippen MR) is 64.3 cm³/mol. The molecule has 1 N–H and O–H groups in total. The highest BCUT2D eigenvalue weighted by molar-refractivity contribution is 5.37. The average molecular weight is 217 g/mol. The van der Waals surface area contributed by atoms with Crippen molar-refractivity contribution in [3.8, 4) is 0 Å². The van der Waals surface area contributed by atoms with E-state index in [4.69, 9.17) is 0 Å². The number of aromatic nitrogens is 2. The number of hydrogen-bond donors (Lipinski definition) is 1. The summed E-state index contributed by atoms with van der Waals surface area (Å²) in [4.78, 5) is 8.56. The zero-order valence-electron chi connectivity index (χ0n) is 9.82. The van der Waals surface area contributed by atoms with E-state index in [2.05, 4.69) is 28.3 Å². The second-order valence-corrected chi connectivity index (χ2v) is 5.09. The Labute approximate surface area is 96.7 Å². The third-order valence-electron chi connectivity index (χ3n) is 3.66. The van der Waals surface area contributed by atoms with Crippen molar-refractivity contribution in [2.24, 2.45) is 11.8 Å². The van der Waals surface area contributed by atoms with Crippen LogP contribution in [-0.4, -0.2) is 16.0 Å². The van der Waals surface area contributed by atoms with Gasteiger partial charge in [-0.15, -0.1) is 0 Å². The topological polar surface area (TPSA) is 37.8 Å². The van der Waals surface area contributed by atoms with Gasteiger partial charge in [-0.1, -0.05) is 6.92 Å². The zero-order valence-corrected chi connectivity index (χ0v) is 9.82. The highest BCUT2D eigenvalue weighted by Crippen LogP contribution is 2.45. The Kier molecular flexibility index (Phi) is 2.54. The van der Waals surface area contributed by atoms with Crippen LogP contribution < -0.4 is 5.32 Å². The van der Waals surface area contributed by atoms with Gasteiger partial charge >= 0.3 is 0 Å². The summed E-state index contributed by atoms with van der Waals surface area (Å²) in [6.45, 7) is 2.13. The first-order valence-electron chi connectivity index (χ1n) is 6.44. The Morgan fingerprint density at radius 3 is 2.50 bits per heavy atom. The maximum Gasteiger partial charge on any atom is 0.129 e. The smallest absolute Gasteiger partial charge is 0.129 e. The van der Waals surface area contributed by atoms with Crippen molar-refractivity contribution in [3.05, 3.63) is 18.1 Å². The minimum absolute atomic E-state index is 0.680. The van der Waals surface area contributed by atoms with Gasteiger partial charge in [0.2, 0.25) is 0 Å². The summed E-state index contributed by atoms with van der Waals surface area (Å²) in [6.07, 6.45) is 8.27. The third kappa shape index (κ3) is 2.18. The summed E-state index contributed by atoms with van der Waals surface area (Å²) >= 11 is 0. The standard InChI is InChI=1S/C13H19N3/c1-2-11-7-12(15-8-14-11)16-13(9-3-4-9)10-5-6-10/h7-10,13H,2-6H2,1H3,(H,14,15,16). The second-order valence-electron chi connectivity index (χ2n) is 5.09. The molecule has 3 nitrogen and oxygen atoms in total. The fraction of sp³-hybridized carbons (Fsp3) is 0.692. The van der Waals surface area contributed by atoms with Gasteiger partial charge in [0.1, 0.15) is 12.1 Å². The highest BCUT2D eigenvalue weighted by atomic mass is 15.1. The van der Waals surface area contributed by atoms with Crippen LogP contribution >= 0.6 is 0 Å². The van der Waals surface area contributed by atoms with Crippen molar-refractivity contribution >= 4 is 5.82 Å². The normalized spacial score (nSPS) is 20.1. The maximum atomic E-state index is 4.33. The molecule has 2 aliphatic carbocycles. The molecule has 0 aromatic carbocycles. The molecule has 2 saturated carbocycles. The van der Waals surface area contributed by atoms with Crippen LogP contribution in [0.4, 0.5) is 5.82 Å². The number of aryl methyl sites for hydroxylation is 1. The van der Waals surface area contributed by atoms with E-state index in [1.807, 2.05) is 0 Å². The van der Waals surface area contributed by atoms with Crippen molar-refractivity contribution in [3.63, 3.8) is 0 Å². The molecule has 0 bridgehead atoms. The van der Waals surface area contributed by atoms with Gasteiger partial charge in [0.05, 0.1) is 0 Å². The van der Waals surface area contributed by atoms with E-state index < -0.39 is 0 Å². The van der Waals surface area contributed by atoms with Crippen LogP contribution in [0.15, 0.2) is 12.4 Å². The van der Waals surface area contributed by atoms with Crippen molar-refractivity contribution in [2.45, 2.75) is 45.1 Å². The molecular weight excluding hydrogens is 198 g/mol. The lowest BCUT2D eigenvalue weighted by molar-refractivity contribution is 0.565. The molecule has 0 spiro atoms. The van der Waals surface area contributed by atoms with Crippen LogP contribution in [0.1, 0.15) is 38.3 Å². The van der Waals surface area contributed by atoms with Crippen LogP contribution in [0.3, 0.4) is 0 Å². The lowest BCUT2D eigenvalue weighted by Crippen LogP contribution is -2.24. The van der Waals surface area contributed by atoms with Gasteiger partial charge in [0, 0.05) is 17.8 Å². The van der Waals surface area contributed by atoms with E-state index in [0.717, 1.165) is 29.8 Å². The molecule has 1 heterocycles. The molecule has 3 heteroatoms. The molecule has 16 heavy (non-hydrogen) atoms. The number of rotatable bonds is 5. The summed E-state index contributed by atoms with van der Waals surface area (Å²) in [5.41, 5.74) is 1.13. The van der Waals surface area contributed by atoms with Gasteiger partial charge in [-0.3, -0.25) is 0 Å². The predicted octanol–water partition coefficient (Wildman–Crippen LogP) is 2.64. The van der Waals surface area contributed by atoms with E-state index in [9.17, 15) is 0 Å². The van der Waals surface area contributed by atoms with Crippen molar-refractivity contribution in [1.29, 1.82) is 0 Å². The van der Waals surface area contributed by atoms with Crippen LogP contribution in [-0.2, 0) is 6.42 Å². The molecule has 0 amide bonds. The molecule has 2 fully saturated rings. The molecular formula is C13H19N3. The Hall–Kier alpha value is -1.12. The first-order chi connectivity index (χ1) is 7.86. The molecule has 0 saturated heterocycles. The number of anilines is 1. The molecule has 1 aromatic rings. The Bertz CT molecular complexity index is 357. The minimum Gasteiger partial charge on any atom is -0.367 e.